The molecule has 1 atom stereocenters. The van der Waals surface area contributed by atoms with E-state index in [1.807, 2.05) is 6.07 Å². The van der Waals surface area contributed by atoms with Gasteiger partial charge in [0.05, 0.1) is 16.7 Å². The maximum absolute atomic E-state index is 12.7. The molecule has 0 bridgehead atoms. The zero-order valence-electron chi connectivity index (χ0n) is 16.6. The Labute approximate surface area is 175 Å². The first-order chi connectivity index (χ1) is 13.5. The van der Waals surface area contributed by atoms with Gasteiger partial charge in [0.1, 0.15) is 10.4 Å². The molecule has 1 aliphatic heterocycles. The van der Waals surface area contributed by atoms with Crippen LogP contribution < -0.4 is 5.32 Å². The zero-order chi connectivity index (χ0) is 21.8. The molecule has 2 rings (SSSR count). The number of nitriles is 1. The number of hydrogen-bond donors (Lipinski definition) is 1. The molecule has 1 amide bonds. The van der Waals surface area contributed by atoms with E-state index in [2.05, 4.69) is 5.32 Å². The van der Waals surface area contributed by atoms with Crippen LogP contribution in [-0.4, -0.2) is 49.8 Å². The average Bonchev–Trinajstić information content (AvgIpc) is 3.21. The molecule has 0 aromatic heterocycles. The molecule has 0 unspecified atom stereocenters. The summed E-state index contributed by atoms with van der Waals surface area (Å²) in [6.45, 7) is 5.35. The summed E-state index contributed by atoms with van der Waals surface area (Å²) in [4.78, 5) is 24.2. The molecule has 1 saturated heterocycles. The monoisotopic (exact) mass is 441 g/mol. The summed E-state index contributed by atoms with van der Waals surface area (Å²) < 4.78 is 31.8. The number of hydrogen-bond acceptors (Lipinski definition) is 6. The number of halogens is 1. The Hall–Kier alpha value is -2.15. The Morgan fingerprint density at radius 3 is 2.52 bits per heavy atom. The lowest BCUT2D eigenvalue weighted by molar-refractivity contribution is -0.125. The van der Waals surface area contributed by atoms with E-state index in [1.165, 1.54) is 16.4 Å². The van der Waals surface area contributed by atoms with Crippen molar-refractivity contribution >= 4 is 33.5 Å². The number of rotatable bonds is 7. The van der Waals surface area contributed by atoms with E-state index in [9.17, 15) is 23.3 Å². The van der Waals surface area contributed by atoms with Gasteiger partial charge in [-0.25, -0.2) is 13.2 Å². The molecule has 1 aromatic rings. The summed E-state index contributed by atoms with van der Waals surface area (Å²) in [7, 11) is -3.82. The van der Waals surface area contributed by atoms with Gasteiger partial charge in [0.2, 0.25) is 10.0 Å². The van der Waals surface area contributed by atoms with Gasteiger partial charge in [-0.1, -0.05) is 25.4 Å². The number of carbonyl (C=O) groups is 2. The normalized spacial score (nSPS) is 16.8. The number of nitrogens with one attached hydrogen (secondary N) is 1. The van der Waals surface area contributed by atoms with Crippen LogP contribution in [0.4, 0.5) is 0 Å². The molecule has 1 fully saturated rings. The number of ether oxygens (including phenoxy) is 1. The fraction of sp³-hybridized carbons (Fsp3) is 0.526. The second-order valence-electron chi connectivity index (χ2n) is 7.35. The van der Waals surface area contributed by atoms with Crippen LogP contribution in [0.1, 0.15) is 44.0 Å². The van der Waals surface area contributed by atoms with E-state index in [0.29, 0.717) is 13.1 Å². The average molecular weight is 442 g/mol. The van der Waals surface area contributed by atoms with Gasteiger partial charge >= 0.3 is 5.97 Å². The van der Waals surface area contributed by atoms with Crippen molar-refractivity contribution in [2.45, 2.75) is 44.0 Å². The quantitative estimate of drug-likeness (QED) is 0.649. The highest BCUT2D eigenvalue weighted by Gasteiger charge is 2.31. The van der Waals surface area contributed by atoms with Crippen molar-refractivity contribution in [1.82, 2.24) is 9.62 Å². The molecule has 29 heavy (non-hydrogen) atoms. The number of nitrogens with zero attached hydrogens (tertiary/aromatic N) is 2. The molecule has 1 N–H and O–H groups in total. The molecule has 1 aromatic carbocycles. The van der Waals surface area contributed by atoms with Gasteiger partial charge in [0, 0.05) is 13.1 Å². The van der Waals surface area contributed by atoms with Crippen molar-refractivity contribution in [3.8, 4) is 6.07 Å². The second-order valence-corrected chi connectivity index (χ2v) is 9.66. The van der Waals surface area contributed by atoms with Crippen LogP contribution >= 0.6 is 11.6 Å². The lowest BCUT2D eigenvalue weighted by Gasteiger charge is -2.27. The molecule has 1 aliphatic rings. The summed E-state index contributed by atoms with van der Waals surface area (Å²) in [6.07, 6.45) is 1.54. The zero-order valence-corrected chi connectivity index (χ0v) is 18.1. The van der Waals surface area contributed by atoms with Crippen LogP contribution in [0.5, 0.6) is 0 Å². The Kier molecular flexibility index (Phi) is 7.27. The first-order valence-corrected chi connectivity index (χ1v) is 11.0. The predicted molar refractivity (Wildman–Crippen MR) is 107 cm³/mol. The Balaban J connectivity index is 2.10. The lowest BCUT2D eigenvalue weighted by atomic mass is 9.90. The number of amides is 1. The maximum Gasteiger partial charge on any atom is 0.338 e. The minimum Gasteiger partial charge on any atom is -0.452 e. The third-order valence-corrected chi connectivity index (χ3v) is 7.35. The third kappa shape index (κ3) is 5.26. The SMILES string of the molecule is CC(C)[C@](C)(C#N)NC(=O)COC(=O)c1ccc(Cl)c(S(=O)(=O)N2CCCC2)c1. The van der Waals surface area contributed by atoms with Crippen LogP contribution in [0.2, 0.25) is 5.02 Å². The van der Waals surface area contributed by atoms with Crippen molar-refractivity contribution in [1.29, 1.82) is 5.26 Å². The van der Waals surface area contributed by atoms with E-state index in [1.54, 1.807) is 20.8 Å². The Morgan fingerprint density at radius 1 is 1.34 bits per heavy atom. The van der Waals surface area contributed by atoms with Crippen molar-refractivity contribution in [3.05, 3.63) is 28.8 Å². The number of benzene rings is 1. The van der Waals surface area contributed by atoms with E-state index in [0.717, 1.165) is 18.9 Å². The second kappa shape index (κ2) is 9.11. The lowest BCUT2D eigenvalue weighted by Crippen LogP contribution is -2.50. The van der Waals surface area contributed by atoms with E-state index >= 15 is 0 Å². The van der Waals surface area contributed by atoms with Crippen LogP contribution in [0.15, 0.2) is 23.1 Å². The smallest absolute Gasteiger partial charge is 0.338 e. The van der Waals surface area contributed by atoms with Gasteiger partial charge in [0.15, 0.2) is 6.61 Å². The molecule has 0 saturated carbocycles. The fourth-order valence-corrected chi connectivity index (χ4v) is 4.75. The van der Waals surface area contributed by atoms with Gasteiger partial charge < -0.3 is 10.1 Å². The van der Waals surface area contributed by atoms with E-state index in [-0.39, 0.29) is 21.4 Å². The maximum atomic E-state index is 12.7. The predicted octanol–water partition coefficient (Wildman–Crippen LogP) is 2.34. The standard InChI is InChI=1S/C19H24ClN3O5S/c1-13(2)19(3,12-21)22-17(24)11-28-18(25)14-6-7-15(20)16(10-14)29(26,27)23-8-4-5-9-23/h6-7,10,13H,4-5,8-9,11H2,1-3H3,(H,22,24)/t19-/m0/s1. The summed E-state index contributed by atoms with van der Waals surface area (Å²) in [5.74, 6) is -1.64. The van der Waals surface area contributed by atoms with Crippen molar-refractivity contribution < 1.29 is 22.7 Å². The van der Waals surface area contributed by atoms with Gasteiger partial charge in [-0.05, 0) is 43.9 Å². The molecular formula is C19H24ClN3O5S. The molecule has 0 spiro atoms. The van der Waals surface area contributed by atoms with Gasteiger partial charge in [0.25, 0.3) is 5.91 Å². The minimum atomic E-state index is -3.82. The summed E-state index contributed by atoms with van der Waals surface area (Å²) in [5, 5.41) is 11.8. The van der Waals surface area contributed by atoms with Crippen LogP contribution in [0.25, 0.3) is 0 Å². The highest BCUT2D eigenvalue weighted by molar-refractivity contribution is 7.89. The minimum absolute atomic E-state index is 0.00733. The van der Waals surface area contributed by atoms with Gasteiger partial charge in [-0.15, -0.1) is 0 Å². The highest BCUT2D eigenvalue weighted by Crippen LogP contribution is 2.28. The summed E-state index contributed by atoms with van der Waals surface area (Å²) in [5.41, 5.74) is -1.13. The number of esters is 1. The van der Waals surface area contributed by atoms with Crippen LogP contribution in [0, 0.1) is 17.2 Å². The summed E-state index contributed by atoms with van der Waals surface area (Å²) >= 11 is 6.06. The van der Waals surface area contributed by atoms with E-state index in [4.69, 9.17) is 16.3 Å². The first-order valence-electron chi connectivity index (χ1n) is 9.20. The van der Waals surface area contributed by atoms with Crippen molar-refractivity contribution in [2.75, 3.05) is 19.7 Å². The van der Waals surface area contributed by atoms with Crippen molar-refractivity contribution in [3.63, 3.8) is 0 Å². The van der Waals surface area contributed by atoms with Crippen molar-refractivity contribution in [2.24, 2.45) is 5.92 Å². The third-order valence-electron chi connectivity index (χ3n) is 4.97. The fourth-order valence-electron chi connectivity index (χ4n) is 2.74. The number of sulfonamides is 1. The molecular weight excluding hydrogens is 418 g/mol. The molecule has 158 valence electrons. The largest absolute Gasteiger partial charge is 0.452 e. The van der Waals surface area contributed by atoms with Gasteiger partial charge in [-0.3, -0.25) is 4.79 Å². The van der Waals surface area contributed by atoms with E-state index < -0.39 is 34.0 Å². The highest BCUT2D eigenvalue weighted by atomic mass is 35.5. The Bertz CT molecular complexity index is 936. The van der Waals surface area contributed by atoms with Crippen LogP contribution in [-0.2, 0) is 19.6 Å². The Morgan fingerprint density at radius 2 is 1.97 bits per heavy atom. The molecule has 10 heteroatoms. The number of carbonyl (C=O) groups excluding carboxylic acids is 2. The summed E-state index contributed by atoms with van der Waals surface area (Å²) in [6, 6.07) is 5.83. The van der Waals surface area contributed by atoms with Gasteiger partial charge in [-0.2, -0.15) is 9.57 Å². The molecule has 8 nitrogen and oxygen atoms in total. The van der Waals surface area contributed by atoms with Crippen LogP contribution in [0.3, 0.4) is 0 Å². The molecule has 0 aliphatic carbocycles. The first kappa shape index (κ1) is 23.1. The molecule has 0 radical (unpaired) electrons. The topological polar surface area (TPSA) is 117 Å². The molecule has 1 heterocycles.